The van der Waals surface area contributed by atoms with Crippen LogP contribution in [0.4, 0.5) is 11.4 Å². The molecule has 0 radical (unpaired) electrons. The number of nitrogens with one attached hydrogen (secondary N) is 1. The van der Waals surface area contributed by atoms with Crippen molar-refractivity contribution >= 4 is 38.1 Å². The van der Waals surface area contributed by atoms with Crippen molar-refractivity contribution in [3.05, 3.63) is 93.5 Å². The van der Waals surface area contributed by atoms with Crippen LogP contribution in [-0.4, -0.2) is 0 Å². The van der Waals surface area contributed by atoms with Gasteiger partial charge >= 0.3 is 0 Å². The highest BCUT2D eigenvalue weighted by Gasteiger charge is 2.35. The molecule has 0 amide bonds. The van der Waals surface area contributed by atoms with Gasteiger partial charge in [-0.3, -0.25) is 0 Å². The van der Waals surface area contributed by atoms with Gasteiger partial charge in [-0.15, -0.1) is 0 Å². The van der Waals surface area contributed by atoms with Crippen LogP contribution in [0.1, 0.15) is 36.1 Å². The SMILES string of the molecule is CC1(C)c2ccccc2-c2ccc(Nc3ccc4c5c(ccc(Br)c35)CC4)cc21. The Labute approximate surface area is 179 Å². The lowest BCUT2D eigenvalue weighted by Gasteiger charge is -2.22. The Morgan fingerprint density at radius 1 is 0.759 bits per heavy atom. The Morgan fingerprint density at radius 2 is 1.48 bits per heavy atom. The van der Waals surface area contributed by atoms with Gasteiger partial charge < -0.3 is 5.32 Å². The van der Waals surface area contributed by atoms with Gasteiger partial charge in [-0.05, 0) is 75.9 Å². The third kappa shape index (κ3) is 2.39. The van der Waals surface area contributed by atoms with Gasteiger partial charge in [0.05, 0.1) is 0 Å². The number of anilines is 2. The molecule has 0 aromatic heterocycles. The van der Waals surface area contributed by atoms with Gasteiger partial charge in [0.15, 0.2) is 0 Å². The predicted octanol–water partition coefficient (Wildman–Crippen LogP) is 7.75. The highest BCUT2D eigenvalue weighted by molar-refractivity contribution is 9.10. The molecule has 0 spiro atoms. The minimum Gasteiger partial charge on any atom is -0.355 e. The first-order valence-corrected chi connectivity index (χ1v) is 11.1. The molecule has 0 atom stereocenters. The van der Waals surface area contributed by atoms with Crippen LogP contribution < -0.4 is 5.32 Å². The van der Waals surface area contributed by atoms with E-state index < -0.39 is 0 Å². The zero-order chi connectivity index (χ0) is 19.8. The topological polar surface area (TPSA) is 12.0 Å². The van der Waals surface area contributed by atoms with Crippen LogP contribution in [0.25, 0.3) is 21.9 Å². The van der Waals surface area contributed by atoms with Crippen molar-refractivity contribution in [2.24, 2.45) is 0 Å². The van der Waals surface area contributed by atoms with Crippen molar-refractivity contribution in [1.29, 1.82) is 0 Å². The fourth-order valence-corrected chi connectivity index (χ4v) is 5.87. The monoisotopic (exact) mass is 439 g/mol. The zero-order valence-electron chi connectivity index (χ0n) is 16.6. The molecule has 6 rings (SSSR count). The van der Waals surface area contributed by atoms with E-state index in [0.29, 0.717) is 0 Å². The first-order valence-electron chi connectivity index (χ1n) is 10.3. The van der Waals surface area contributed by atoms with E-state index in [9.17, 15) is 0 Å². The molecule has 4 aromatic carbocycles. The van der Waals surface area contributed by atoms with Gasteiger partial charge in [0, 0.05) is 26.6 Å². The molecule has 0 saturated carbocycles. The standard InChI is InChI=1S/C27H22BrN/c1-27(2)21-6-4-3-5-19(21)20-12-11-18(15-22(20)27)29-24-14-10-17-8-7-16-9-13-23(28)26(24)25(16)17/h3-6,9-15,29H,7-8H2,1-2H3. The van der Waals surface area contributed by atoms with E-state index in [-0.39, 0.29) is 5.41 Å². The molecule has 0 bridgehead atoms. The molecule has 1 nitrogen and oxygen atoms in total. The summed E-state index contributed by atoms with van der Waals surface area (Å²) in [5.74, 6) is 0. The average molecular weight is 440 g/mol. The normalized spacial score (nSPS) is 15.4. The van der Waals surface area contributed by atoms with Gasteiger partial charge in [0.25, 0.3) is 0 Å². The summed E-state index contributed by atoms with van der Waals surface area (Å²) in [5.41, 5.74) is 10.8. The molecule has 0 unspecified atom stereocenters. The van der Waals surface area contributed by atoms with E-state index in [0.717, 1.165) is 23.0 Å². The Kier molecular flexibility index (Phi) is 3.56. The second kappa shape index (κ2) is 5.96. The van der Waals surface area contributed by atoms with Gasteiger partial charge in [-0.1, -0.05) is 72.2 Å². The van der Waals surface area contributed by atoms with E-state index in [4.69, 9.17) is 0 Å². The smallest absolute Gasteiger partial charge is 0.0475 e. The van der Waals surface area contributed by atoms with Crippen molar-refractivity contribution in [3.63, 3.8) is 0 Å². The third-order valence-electron chi connectivity index (χ3n) is 6.81. The summed E-state index contributed by atoms with van der Waals surface area (Å²) in [4.78, 5) is 0. The van der Waals surface area contributed by atoms with Crippen molar-refractivity contribution in [3.8, 4) is 11.1 Å². The van der Waals surface area contributed by atoms with Crippen LogP contribution in [0.15, 0.2) is 71.2 Å². The molecule has 4 aromatic rings. The van der Waals surface area contributed by atoms with Crippen LogP contribution in [0.3, 0.4) is 0 Å². The van der Waals surface area contributed by atoms with E-state index in [1.807, 2.05) is 0 Å². The molecular weight excluding hydrogens is 418 g/mol. The molecule has 2 aliphatic carbocycles. The van der Waals surface area contributed by atoms with Crippen molar-refractivity contribution in [2.45, 2.75) is 32.1 Å². The second-order valence-corrected chi connectivity index (χ2v) is 9.64. The van der Waals surface area contributed by atoms with Gasteiger partial charge in [-0.25, -0.2) is 0 Å². The number of hydrogen-bond acceptors (Lipinski definition) is 1. The minimum atomic E-state index is 0.0201. The molecule has 0 heterocycles. The van der Waals surface area contributed by atoms with Crippen LogP contribution in [0.5, 0.6) is 0 Å². The third-order valence-corrected chi connectivity index (χ3v) is 7.47. The molecular formula is C27H22BrN. The quantitative estimate of drug-likeness (QED) is 0.336. The van der Waals surface area contributed by atoms with Crippen LogP contribution >= 0.6 is 15.9 Å². The van der Waals surface area contributed by atoms with Gasteiger partial charge in [0.1, 0.15) is 0 Å². The Hall–Kier alpha value is -2.58. The summed E-state index contributed by atoms with van der Waals surface area (Å²) in [6.07, 6.45) is 2.29. The number of aryl methyl sites for hydroxylation is 2. The molecule has 2 heteroatoms. The average Bonchev–Trinajstić information content (AvgIpc) is 3.24. The zero-order valence-corrected chi connectivity index (χ0v) is 18.2. The first-order chi connectivity index (χ1) is 14.0. The number of halogens is 1. The molecule has 1 N–H and O–H groups in total. The van der Waals surface area contributed by atoms with E-state index in [2.05, 4.69) is 102 Å². The Balaban J connectivity index is 1.48. The maximum absolute atomic E-state index is 3.80. The molecule has 0 fully saturated rings. The summed E-state index contributed by atoms with van der Waals surface area (Å²) in [7, 11) is 0. The largest absolute Gasteiger partial charge is 0.355 e. The summed E-state index contributed by atoms with van der Waals surface area (Å²) < 4.78 is 1.16. The number of rotatable bonds is 2. The molecule has 0 aliphatic heterocycles. The maximum atomic E-state index is 3.80. The summed E-state index contributed by atoms with van der Waals surface area (Å²) in [5, 5.41) is 6.47. The van der Waals surface area contributed by atoms with Gasteiger partial charge in [-0.2, -0.15) is 0 Å². The Morgan fingerprint density at radius 3 is 2.31 bits per heavy atom. The predicted molar refractivity (Wildman–Crippen MR) is 126 cm³/mol. The van der Waals surface area contributed by atoms with Crippen molar-refractivity contribution < 1.29 is 0 Å². The highest BCUT2D eigenvalue weighted by atomic mass is 79.9. The Bertz CT molecular complexity index is 1310. The lowest BCUT2D eigenvalue weighted by molar-refractivity contribution is 0.660. The lowest BCUT2D eigenvalue weighted by Crippen LogP contribution is -2.15. The number of hydrogen-bond donors (Lipinski definition) is 1. The number of benzene rings is 4. The van der Waals surface area contributed by atoms with E-state index in [1.54, 1.807) is 0 Å². The maximum Gasteiger partial charge on any atom is 0.0475 e. The van der Waals surface area contributed by atoms with Crippen LogP contribution in [0, 0.1) is 0 Å². The summed E-state index contributed by atoms with van der Waals surface area (Å²) >= 11 is 3.80. The molecule has 29 heavy (non-hydrogen) atoms. The van der Waals surface area contributed by atoms with Crippen LogP contribution in [0.2, 0.25) is 0 Å². The van der Waals surface area contributed by atoms with E-state index >= 15 is 0 Å². The molecule has 2 aliphatic rings. The summed E-state index contributed by atoms with van der Waals surface area (Å²) in [6.45, 7) is 4.66. The second-order valence-electron chi connectivity index (χ2n) is 8.78. The van der Waals surface area contributed by atoms with E-state index in [1.165, 1.54) is 49.8 Å². The van der Waals surface area contributed by atoms with Gasteiger partial charge in [0.2, 0.25) is 0 Å². The highest BCUT2D eigenvalue weighted by Crippen LogP contribution is 2.49. The summed E-state index contributed by atoms with van der Waals surface area (Å²) in [6, 6.07) is 24.6. The van der Waals surface area contributed by atoms with Crippen molar-refractivity contribution in [1.82, 2.24) is 0 Å². The fraction of sp³-hybridized carbons (Fsp3) is 0.185. The molecule has 0 saturated heterocycles. The van der Waals surface area contributed by atoms with Crippen molar-refractivity contribution in [2.75, 3.05) is 5.32 Å². The molecule has 142 valence electrons. The first kappa shape index (κ1) is 17.3. The van der Waals surface area contributed by atoms with Crippen LogP contribution in [-0.2, 0) is 18.3 Å². The fourth-order valence-electron chi connectivity index (χ4n) is 5.33. The minimum absolute atomic E-state index is 0.0201. The number of fused-ring (bicyclic) bond motifs is 3. The lowest BCUT2D eigenvalue weighted by atomic mass is 9.82.